The quantitative estimate of drug-likeness (QED) is 0.569. The highest BCUT2D eigenvalue weighted by atomic mass is 16.5. The number of allylic oxidation sites excluding steroid dienone is 2. The van der Waals surface area contributed by atoms with Gasteiger partial charge in [0, 0.05) is 18.6 Å². The molecule has 5 atom stereocenters. The Morgan fingerprint density at radius 2 is 2.17 bits per heavy atom. The lowest BCUT2D eigenvalue weighted by Gasteiger charge is -2.50. The molecule has 5 heteroatoms. The van der Waals surface area contributed by atoms with E-state index in [2.05, 4.69) is 25.7 Å². The molecule has 1 spiro atoms. The van der Waals surface area contributed by atoms with Gasteiger partial charge in [0.05, 0.1) is 12.7 Å². The van der Waals surface area contributed by atoms with Crippen molar-refractivity contribution in [1.29, 1.82) is 0 Å². The average Bonchev–Trinajstić information content (AvgIpc) is 2.75. The normalized spacial score (nSPS) is 38.5. The van der Waals surface area contributed by atoms with Crippen molar-refractivity contribution in [2.24, 2.45) is 11.1 Å². The van der Waals surface area contributed by atoms with Crippen molar-refractivity contribution in [3.63, 3.8) is 0 Å². The summed E-state index contributed by atoms with van der Waals surface area (Å²) in [5, 5.41) is 24.7. The Bertz CT molecular complexity index is 426. The third kappa shape index (κ3) is 4.03. The van der Waals surface area contributed by atoms with Crippen LogP contribution in [0.15, 0.2) is 24.8 Å². The van der Waals surface area contributed by atoms with Crippen LogP contribution in [0.4, 0.5) is 0 Å². The molecule has 0 aromatic rings. The van der Waals surface area contributed by atoms with Gasteiger partial charge >= 0.3 is 0 Å². The first kappa shape index (κ1) is 18.6. The Morgan fingerprint density at radius 1 is 1.43 bits per heavy atom. The van der Waals surface area contributed by atoms with Crippen LogP contribution in [-0.4, -0.2) is 53.3 Å². The van der Waals surface area contributed by atoms with Crippen LogP contribution in [0.5, 0.6) is 0 Å². The molecule has 1 heterocycles. The second-order valence-electron chi connectivity index (χ2n) is 7.70. The second kappa shape index (κ2) is 7.45. The topological polar surface area (TPSA) is 87.7 Å². The molecule has 1 saturated carbocycles. The number of ether oxygens (including phenoxy) is 1. The first-order valence-electron chi connectivity index (χ1n) is 8.57. The zero-order valence-electron chi connectivity index (χ0n) is 14.4. The third-order valence-electron chi connectivity index (χ3n) is 5.23. The van der Waals surface area contributed by atoms with Gasteiger partial charge < -0.3 is 26.0 Å². The van der Waals surface area contributed by atoms with E-state index in [1.54, 1.807) is 0 Å². The molecule has 1 aliphatic heterocycles. The molecule has 1 fully saturated rings. The summed E-state index contributed by atoms with van der Waals surface area (Å²) in [6.45, 7) is 9.25. The largest absolute Gasteiger partial charge is 0.389 e. The summed E-state index contributed by atoms with van der Waals surface area (Å²) in [6, 6.07) is -0.532. The maximum Gasteiger partial charge on any atom is 0.112 e. The summed E-state index contributed by atoms with van der Waals surface area (Å²) in [5.41, 5.74) is 5.58. The fraction of sp³-hybridized carbons (Fsp3) is 0.778. The summed E-state index contributed by atoms with van der Waals surface area (Å²) >= 11 is 0. The molecule has 0 unspecified atom stereocenters. The molecule has 0 aromatic carbocycles. The van der Waals surface area contributed by atoms with Crippen molar-refractivity contribution in [3.8, 4) is 0 Å². The van der Waals surface area contributed by atoms with Crippen LogP contribution in [0.2, 0.25) is 0 Å². The van der Waals surface area contributed by atoms with Crippen LogP contribution < -0.4 is 11.1 Å². The van der Waals surface area contributed by atoms with Crippen molar-refractivity contribution in [3.05, 3.63) is 24.8 Å². The lowest BCUT2D eigenvalue weighted by molar-refractivity contribution is -0.193. The Labute approximate surface area is 139 Å². The lowest BCUT2D eigenvalue weighted by Crippen LogP contribution is -2.70. The highest BCUT2D eigenvalue weighted by Crippen LogP contribution is 2.37. The van der Waals surface area contributed by atoms with Crippen molar-refractivity contribution in [1.82, 2.24) is 5.32 Å². The molecule has 0 radical (unpaired) electrons. The van der Waals surface area contributed by atoms with Crippen LogP contribution >= 0.6 is 0 Å². The molecule has 23 heavy (non-hydrogen) atoms. The maximum absolute atomic E-state index is 10.7. The lowest BCUT2D eigenvalue weighted by atomic mass is 9.71. The van der Waals surface area contributed by atoms with E-state index in [0.29, 0.717) is 19.4 Å². The van der Waals surface area contributed by atoms with Gasteiger partial charge in [0.15, 0.2) is 0 Å². The van der Waals surface area contributed by atoms with Gasteiger partial charge in [-0.3, -0.25) is 0 Å². The van der Waals surface area contributed by atoms with E-state index in [9.17, 15) is 10.2 Å². The molecular weight excluding hydrogens is 292 g/mol. The molecule has 132 valence electrons. The van der Waals surface area contributed by atoms with Crippen LogP contribution in [0.1, 0.15) is 39.5 Å². The highest BCUT2D eigenvalue weighted by molar-refractivity contribution is 5.11. The van der Waals surface area contributed by atoms with Crippen molar-refractivity contribution < 1.29 is 14.9 Å². The van der Waals surface area contributed by atoms with Crippen LogP contribution in [0.3, 0.4) is 0 Å². The Balaban J connectivity index is 2.03. The number of hydrogen-bond donors (Lipinski definition) is 4. The van der Waals surface area contributed by atoms with Gasteiger partial charge in [-0.05, 0) is 31.1 Å². The summed E-state index contributed by atoms with van der Waals surface area (Å²) in [7, 11) is 0. The molecule has 5 nitrogen and oxygen atoms in total. The van der Waals surface area contributed by atoms with E-state index in [4.69, 9.17) is 10.5 Å². The summed E-state index contributed by atoms with van der Waals surface area (Å²) in [5.74, 6) is 0. The van der Waals surface area contributed by atoms with Gasteiger partial charge in [-0.15, -0.1) is 6.58 Å². The SMILES string of the molecule is C=CCC(C)(C)CN[C@@H]1C[C@H](N)[C@@]2(CCC=CCO2)[C@H](O)[C@H]1O. The van der Waals surface area contributed by atoms with Crippen LogP contribution in [0, 0.1) is 5.41 Å². The minimum atomic E-state index is -0.980. The van der Waals surface area contributed by atoms with Gasteiger partial charge in [-0.1, -0.05) is 32.1 Å². The molecule has 5 N–H and O–H groups in total. The van der Waals surface area contributed by atoms with E-state index in [1.165, 1.54) is 0 Å². The van der Waals surface area contributed by atoms with E-state index in [0.717, 1.165) is 19.4 Å². The number of aliphatic hydroxyl groups excluding tert-OH is 2. The second-order valence-corrected chi connectivity index (χ2v) is 7.70. The molecule has 1 aliphatic carbocycles. The number of nitrogens with one attached hydrogen (secondary N) is 1. The van der Waals surface area contributed by atoms with Crippen molar-refractivity contribution >= 4 is 0 Å². The minimum absolute atomic E-state index is 0.0500. The van der Waals surface area contributed by atoms with Crippen molar-refractivity contribution in [2.75, 3.05) is 13.2 Å². The molecule has 0 amide bonds. The maximum atomic E-state index is 10.7. The zero-order valence-corrected chi connectivity index (χ0v) is 14.4. The van der Waals surface area contributed by atoms with Crippen LogP contribution in [-0.2, 0) is 4.74 Å². The van der Waals surface area contributed by atoms with E-state index in [-0.39, 0.29) is 17.5 Å². The number of aliphatic hydroxyl groups is 2. The summed E-state index contributed by atoms with van der Waals surface area (Å²) in [6.07, 6.45) is 6.95. The zero-order chi connectivity index (χ0) is 17.1. The van der Waals surface area contributed by atoms with Gasteiger partial charge in [-0.25, -0.2) is 0 Å². The summed E-state index contributed by atoms with van der Waals surface area (Å²) in [4.78, 5) is 0. The van der Waals surface area contributed by atoms with E-state index >= 15 is 0 Å². The number of rotatable bonds is 5. The first-order chi connectivity index (χ1) is 10.8. The van der Waals surface area contributed by atoms with E-state index < -0.39 is 17.8 Å². The summed E-state index contributed by atoms with van der Waals surface area (Å²) < 4.78 is 5.90. The molecular formula is C18H32N2O3. The fourth-order valence-corrected chi connectivity index (χ4v) is 3.71. The molecule has 2 rings (SSSR count). The van der Waals surface area contributed by atoms with Crippen molar-refractivity contribution in [2.45, 2.75) is 69.4 Å². The van der Waals surface area contributed by atoms with Gasteiger partial charge in [0.25, 0.3) is 0 Å². The number of nitrogens with two attached hydrogens (primary N) is 1. The van der Waals surface area contributed by atoms with Gasteiger partial charge in [-0.2, -0.15) is 0 Å². The van der Waals surface area contributed by atoms with Crippen LogP contribution in [0.25, 0.3) is 0 Å². The monoisotopic (exact) mass is 324 g/mol. The van der Waals surface area contributed by atoms with Gasteiger partial charge in [0.2, 0.25) is 0 Å². The Kier molecular flexibility index (Phi) is 6.03. The molecule has 0 saturated heterocycles. The average molecular weight is 324 g/mol. The predicted molar refractivity (Wildman–Crippen MR) is 92.0 cm³/mol. The Hall–Kier alpha value is -0.720. The molecule has 0 aromatic heterocycles. The van der Waals surface area contributed by atoms with E-state index in [1.807, 2.05) is 18.2 Å². The van der Waals surface area contributed by atoms with Gasteiger partial charge in [0.1, 0.15) is 11.7 Å². The first-order valence-corrected chi connectivity index (χ1v) is 8.57. The smallest absolute Gasteiger partial charge is 0.112 e. The third-order valence-corrected chi connectivity index (χ3v) is 5.23. The highest BCUT2D eigenvalue weighted by Gasteiger charge is 2.53. The standard InChI is InChI=1S/C18H32N2O3/c1-4-8-17(2,3)12-20-13-11-14(19)18(16(22)15(13)21)9-6-5-7-10-23-18/h4-5,7,13-16,20-22H,1,6,8-12,19H2,2-3H3/t13-,14+,15+,16-,18+/m1/s1. The Morgan fingerprint density at radius 3 is 2.87 bits per heavy atom. The molecule has 0 bridgehead atoms. The molecule has 2 aliphatic rings. The number of hydrogen-bond acceptors (Lipinski definition) is 5. The minimum Gasteiger partial charge on any atom is -0.389 e. The predicted octanol–water partition coefficient (Wildman–Crippen LogP) is 1.11. The fourth-order valence-electron chi connectivity index (χ4n) is 3.71.